The van der Waals surface area contributed by atoms with E-state index in [9.17, 15) is 0 Å². The van der Waals surface area contributed by atoms with Crippen LogP contribution in [0.25, 0.3) is 0 Å². The van der Waals surface area contributed by atoms with Crippen LogP contribution >= 0.6 is 0 Å². The molecule has 3 nitrogen and oxygen atoms in total. The van der Waals surface area contributed by atoms with Gasteiger partial charge in [-0.15, -0.1) is 6.58 Å². The number of piperazine rings is 1. The molecule has 2 N–H and O–H groups in total. The van der Waals surface area contributed by atoms with E-state index in [1.165, 1.54) is 25.7 Å². The fourth-order valence-electron chi connectivity index (χ4n) is 5.28. The van der Waals surface area contributed by atoms with Crippen molar-refractivity contribution in [3.8, 4) is 0 Å². The summed E-state index contributed by atoms with van der Waals surface area (Å²) in [6.45, 7) is 11.8. The number of allylic oxidation sites excluding steroid dienone is 1. The van der Waals surface area contributed by atoms with Crippen molar-refractivity contribution in [1.82, 2.24) is 9.80 Å². The first-order valence-corrected chi connectivity index (χ1v) is 10.2. The maximum absolute atomic E-state index is 6.16. The lowest BCUT2D eigenvalue weighted by Crippen LogP contribution is -2.64. The molecule has 1 aliphatic carbocycles. The Labute approximate surface area is 158 Å². The van der Waals surface area contributed by atoms with Crippen molar-refractivity contribution in [2.45, 2.75) is 63.7 Å². The van der Waals surface area contributed by atoms with E-state index in [0.29, 0.717) is 18.1 Å². The van der Waals surface area contributed by atoms with Crippen LogP contribution in [0.1, 0.15) is 50.3 Å². The van der Waals surface area contributed by atoms with Gasteiger partial charge in [0.1, 0.15) is 0 Å². The first-order chi connectivity index (χ1) is 12.6. The quantitative estimate of drug-likeness (QED) is 0.840. The molecule has 1 aromatic carbocycles. The Balaban J connectivity index is 1.63. The van der Waals surface area contributed by atoms with Crippen LogP contribution in [0, 0.1) is 0 Å². The van der Waals surface area contributed by atoms with Crippen molar-refractivity contribution in [3.05, 3.63) is 59.2 Å². The Hall–Kier alpha value is -1.42. The minimum absolute atomic E-state index is 0.0882. The summed E-state index contributed by atoms with van der Waals surface area (Å²) in [5.74, 6) is 0. The molecular formula is C23H33N3. The third-order valence-electron chi connectivity index (χ3n) is 6.97. The topological polar surface area (TPSA) is 32.5 Å². The standard InChI is InChI=1S/C23H33N3/c1-4-19(24)13-25-14-21-12-11-20(25)15-26(21)23-17(3)16(2)9-10-18-7-5-6-8-22(18)23/h4-8,19-21,23H,1,9-15,24H2,2-3H3. The third kappa shape index (κ3) is 3.17. The molecule has 3 saturated heterocycles. The maximum atomic E-state index is 6.16. The summed E-state index contributed by atoms with van der Waals surface area (Å²) in [5, 5.41) is 0. The fraction of sp³-hybridized carbons (Fsp3) is 0.565. The summed E-state index contributed by atoms with van der Waals surface area (Å²) < 4.78 is 0. The highest BCUT2D eigenvalue weighted by Crippen LogP contribution is 2.42. The van der Waals surface area contributed by atoms with Crippen LogP contribution in [0.5, 0.6) is 0 Å². The summed E-state index contributed by atoms with van der Waals surface area (Å²) in [6, 6.07) is 10.9. The van der Waals surface area contributed by atoms with Gasteiger partial charge in [-0.2, -0.15) is 0 Å². The molecule has 0 spiro atoms. The van der Waals surface area contributed by atoms with Crippen LogP contribution in [-0.2, 0) is 6.42 Å². The molecule has 0 saturated carbocycles. The highest BCUT2D eigenvalue weighted by atomic mass is 15.3. The van der Waals surface area contributed by atoms with Crippen LogP contribution in [0.3, 0.4) is 0 Å². The highest BCUT2D eigenvalue weighted by Gasteiger charge is 2.43. The molecule has 140 valence electrons. The number of nitrogens with two attached hydrogens (primary N) is 1. The molecule has 3 aliphatic heterocycles. The normalized spacial score (nSPS) is 30.8. The maximum Gasteiger partial charge on any atom is 0.0567 e. The van der Waals surface area contributed by atoms with E-state index in [2.05, 4.69) is 54.5 Å². The van der Waals surface area contributed by atoms with Crippen LogP contribution in [0.2, 0.25) is 0 Å². The molecule has 1 aromatic rings. The van der Waals surface area contributed by atoms with Gasteiger partial charge in [0.25, 0.3) is 0 Å². The van der Waals surface area contributed by atoms with Gasteiger partial charge in [-0.1, -0.05) is 41.5 Å². The molecule has 3 heterocycles. The average Bonchev–Trinajstić information content (AvgIpc) is 2.79. The SMILES string of the molecule is C=CC(N)CN1CC2CCC1CN2C1C(C)=C(C)CCc2ccccc21. The molecule has 4 atom stereocenters. The molecular weight excluding hydrogens is 318 g/mol. The number of fused-ring (bicyclic) bond motifs is 4. The average molecular weight is 352 g/mol. The molecule has 2 bridgehead atoms. The Bertz CT molecular complexity index is 707. The fourth-order valence-corrected chi connectivity index (χ4v) is 5.28. The molecule has 5 rings (SSSR count). The van der Waals surface area contributed by atoms with Gasteiger partial charge in [0.05, 0.1) is 6.04 Å². The van der Waals surface area contributed by atoms with E-state index in [1.54, 1.807) is 22.3 Å². The number of rotatable bonds is 4. The summed E-state index contributed by atoms with van der Waals surface area (Å²) >= 11 is 0. The van der Waals surface area contributed by atoms with E-state index in [0.717, 1.165) is 19.6 Å². The molecule has 3 heteroatoms. The molecule has 0 amide bonds. The van der Waals surface area contributed by atoms with Crippen molar-refractivity contribution in [3.63, 3.8) is 0 Å². The summed E-state index contributed by atoms with van der Waals surface area (Å²) in [6.07, 6.45) is 6.88. The second kappa shape index (κ2) is 7.30. The van der Waals surface area contributed by atoms with Crippen LogP contribution in [0.4, 0.5) is 0 Å². The highest BCUT2D eigenvalue weighted by molar-refractivity contribution is 5.40. The summed E-state index contributed by atoms with van der Waals surface area (Å²) in [7, 11) is 0. The summed E-state index contributed by atoms with van der Waals surface area (Å²) in [4.78, 5) is 5.43. The molecule has 0 aromatic heterocycles. The molecule has 3 fully saturated rings. The minimum atomic E-state index is 0.0882. The summed E-state index contributed by atoms with van der Waals surface area (Å²) in [5.41, 5.74) is 12.4. The zero-order valence-corrected chi connectivity index (χ0v) is 16.3. The molecule has 26 heavy (non-hydrogen) atoms. The van der Waals surface area contributed by atoms with Gasteiger partial charge in [0.2, 0.25) is 0 Å². The zero-order chi connectivity index (χ0) is 18.3. The van der Waals surface area contributed by atoms with Crippen molar-refractivity contribution in [1.29, 1.82) is 0 Å². The van der Waals surface area contributed by atoms with Gasteiger partial charge in [-0.05, 0) is 50.7 Å². The lowest BCUT2D eigenvalue weighted by atomic mass is 9.85. The molecule has 4 unspecified atom stereocenters. The van der Waals surface area contributed by atoms with Gasteiger partial charge >= 0.3 is 0 Å². The van der Waals surface area contributed by atoms with E-state index in [-0.39, 0.29) is 6.04 Å². The molecule has 0 radical (unpaired) electrons. The predicted molar refractivity (Wildman–Crippen MR) is 109 cm³/mol. The number of nitrogens with zero attached hydrogens (tertiary/aromatic N) is 2. The van der Waals surface area contributed by atoms with Crippen molar-refractivity contribution >= 4 is 0 Å². The van der Waals surface area contributed by atoms with Gasteiger partial charge in [0.15, 0.2) is 0 Å². The van der Waals surface area contributed by atoms with Crippen LogP contribution in [0.15, 0.2) is 48.1 Å². The number of aryl methyl sites for hydroxylation is 1. The lowest BCUT2D eigenvalue weighted by molar-refractivity contribution is -0.0374. The van der Waals surface area contributed by atoms with Crippen molar-refractivity contribution in [2.75, 3.05) is 19.6 Å². The monoisotopic (exact) mass is 351 g/mol. The first kappa shape index (κ1) is 18.0. The van der Waals surface area contributed by atoms with Crippen LogP contribution < -0.4 is 5.73 Å². The van der Waals surface area contributed by atoms with Gasteiger partial charge in [-0.3, -0.25) is 9.80 Å². The van der Waals surface area contributed by atoms with E-state index in [1.807, 2.05) is 6.08 Å². The van der Waals surface area contributed by atoms with Gasteiger partial charge in [-0.25, -0.2) is 0 Å². The number of hydrogen-bond donors (Lipinski definition) is 1. The second-order valence-electron chi connectivity index (χ2n) is 8.50. The first-order valence-electron chi connectivity index (χ1n) is 10.2. The Morgan fingerprint density at radius 3 is 2.65 bits per heavy atom. The molecule has 4 aliphatic rings. The van der Waals surface area contributed by atoms with E-state index in [4.69, 9.17) is 5.73 Å². The third-order valence-corrected chi connectivity index (χ3v) is 6.97. The number of piperidine rings is 2. The van der Waals surface area contributed by atoms with Crippen molar-refractivity contribution in [2.24, 2.45) is 5.73 Å². The van der Waals surface area contributed by atoms with Gasteiger partial charge in [0, 0.05) is 37.8 Å². The van der Waals surface area contributed by atoms with Crippen molar-refractivity contribution < 1.29 is 0 Å². The lowest BCUT2D eigenvalue weighted by Gasteiger charge is -2.54. The number of benzene rings is 1. The minimum Gasteiger partial charge on any atom is -0.323 e. The largest absolute Gasteiger partial charge is 0.323 e. The predicted octanol–water partition coefficient (Wildman–Crippen LogP) is 3.67. The smallest absolute Gasteiger partial charge is 0.0567 e. The second-order valence-corrected chi connectivity index (χ2v) is 8.50. The number of hydrogen-bond acceptors (Lipinski definition) is 3. The Morgan fingerprint density at radius 1 is 1.15 bits per heavy atom. The Morgan fingerprint density at radius 2 is 1.92 bits per heavy atom. The zero-order valence-electron chi connectivity index (χ0n) is 16.3. The van der Waals surface area contributed by atoms with E-state index < -0.39 is 0 Å². The Kier molecular flexibility index (Phi) is 5.05. The van der Waals surface area contributed by atoms with Gasteiger partial charge < -0.3 is 5.73 Å². The van der Waals surface area contributed by atoms with Crippen LogP contribution in [-0.4, -0.2) is 47.6 Å². The van der Waals surface area contributed by atoms with E-state index >= 15 is 0 Å².